The maximum atomic E-state index is 13.4. The number of halogens is 2. The molecule has 114 valence electrons. The van der Waals surface area contributed by atoms with Crippen molar-refractivity contribution in [3.05, 3.63) is 61.1 Å². The summed E-state index contributed by atoms with van der Waals surface area (Å²) in [5.74, 6) is -1.27. The summed E-state index contributed by atoms with van der Waals surface area (Å²) in [6.45, 7) is 0. The van der Waals surface area contributed by atoms with Crippen LogP contribution in [0.4, 0.5) is 4.39 Å². The molecule has 0 saturated heterocycles. The minimum atomic E-state index is -0.778. The van der Waals surface area contributed by atoms with Crippen molar-refractivity contribution in [2.75, 3.05) is 0 Å². The topological polar surface area (TPSA) is 120 Å². The summed E-state index contributed by atoms with van der Waals surface area (Å²) in [5, 5.41) is 9.12. The molecule has 0 spiro atoms. The number of aromatic nitrogens is 3. The van der Waals surface area contributed by atoms with Crippen LogP contribution in [0.1, 0.15) is 11.3 Å². The Bertz CT molecular complexity index is 825. The Kier molecular flexibility index (Phi) is 4.79. The van der Waals surface area contributed by atoms with Gasteiger partial charge in [-0.25, -0.2) is 19.7 Å². The SMILES string of the molecule is O=C(Cc1n[nH]c(=O)[nH]c1=O)N/N=C\c1c(F)cccc1Cl. The van der Waals surface area contributed by atoms with Gasteiger partial charge in [-0.2, -0.15) is 10.2 Å². The van der Waals surface area contributed by atoms with E-state index in [1.54, 1.807) is 0 Å². The third kappa shape index (κ3) is 3.85. The highest BCUT2D eigenvalue weighted by molar-refractivity contribution is 6.33. The summed E-state index contributed by atoms with van der Waals surface area (Å²) in [6.07, 6.45) is 0.633. The van der Waals surface area contributed by atoms with Crippen LogP contribution in [-0.4, -0.2) is 27.3 Å². The van der Waals surface area contributed by atoms with Crippen molar-refractivity contribution in [3.8, 4) is 0 Å². The largest absolute Gasteiger partial charge is 0.342 e. The number of carbonyl (C=O) groups excluding carboxylic acids is 1. The molecular weight excluding hydrogens is 317 g/mol. The Morgan fingerprint density at radius 1 is 1.45 bits per heavy atom. The van der Waals surface area contributed by atoms with E-state index in [0.29, 0.717) is 0 Å². The molecule has 8 nitrogen and oxygen atoms in total. The Balaban J connectivity index is 2.02. The fraction of sp³-hybridized carbons (Fsp3) is 0.0833. The van der Waals surface area contributed by atoms with Gasteiger partial charge in [-0.1, -0.05) is 17.7 Å². The number of carbonyl (C=O) groups is 1. The second kappa shape index (κ2) is 6.76. The lowest BCUT2D eigenvalue weighted by molar-refractivity contribution is -0.120. The molecule has 10 heteroatoms. The zero-order valence-electron chi connectivity index (χ0n) is 10.9. The maximum absolute atomic E-state index is 13.4. The van der Waals surface area contributed by atoms with E-state index >= 15 is 0 Å². The number of amides is 1. The lowest BCUT2D eigenvalue weighted by Gasteiger charge is -2.00. The predicted octanol–water partition coefficient (Wildman–Crippen LogP) is -0.0565. The summed E-state index contributed by atoms with van der Waals surface area (Å²) in [4.78, 5) is 35.6. The molecule has 0 atom stereocenters. The van der Waals surface area contributed by atoms with E-state index in [9.17, 15) is 18.8 Å². The first kappa shape index (κ1) is 15.6. The Labute approximate surface area is 127 Å². The zero-order chi connectivity index (χ0) is 16.1. The minimum absolute atomic E-state index is 0.0180. The third-order valence-corrected chi connectivity index (χ3v) is 2.82. The molecule has 1 aromatic heterocycles. The van der Waals surface area contributed by atoms with Crippen LogP contribution in [0.25, 0.3) is 0 Å². The van der Waals surface area contributed by atoms with Crippen molar-refractivity contribution in [1.29, 1.82) is 0 Å². The van der Waals surface area contributed by atoms with Crippen LogP contribution in [0.15, 0.2) is 32.9 Å². The van der Waals surface area contributed by atoms with Crippen LogP contribution in [0.5, 0.6) is 0 Å². The first-order chi connectivity index (χ1) is 10.5. The number of rotatable bonds is 4. The van der Waals surface area contributed by atoms with E-state index in [-0.39, 0.29) is 16.3 Å². The number of H-pyrrole nitrogens is 2. The highest BCUT2D eigenvalue weighted by atomic mass is 35.5. The molecule has 0 aliphatic carbocycles. The van der Waals surface area contributed by atoms with E-state index in [0.717, 1.165) is 6.21 Å². The molecule has 1 heterocycles. The Hall–Kier alpha value is -2.81. The van der Waals surface area contributed by atoms with Crippen LogP contribution in [0.3, 0.4) is 0 Å². The first-order valence-electron chi connectivity index (χ1n) is 5.91. The van der Waals surface area contributed by atoms with Crippen molar-refractivity contribution < 1.29 is 9.18 Å². The summed E-state index contributed by atoms with van der Waals surface area (Å²) in [5.41, 5.74) is 0.376. The molecule has 0 saturated carbocycles. The van der Waals surface area contributed by atoms with Gasteiger partial charge in [0.2, 0.25) is 5.91 Å². The number of nitrogens with one attached hydrogen (secondary N) is 3. The number of benzene rings is 1. The predicted molar refractivity (Wildman–Crippen MR) is 76.3 cm³/mol. The smallest absolute Gasteiger partial charge is 0.273 e. The molecule has 1 amide bonds. The molecule has 3 N–H and O–H groups in total. The van der Waals surface area contributed by atoms with Gasteiger partial charge in [-0.05, 0) is 12.1 Å². The van der Waals surface area contributed by atoms with Crippen LogP contribution < -0.4 is 16.7 Å². The summed E-state index contributed by atoms with van der Waals surface area (Å²) in [6, 6.07) is 4.10. The van der Waals surface area contributed by atoms with Crippen molar-refractivity contribution in [3.63, 3.8) is 0 Å². The molecule has 0 radical (unpaired) electrons. The molecule has 0 aliphatic heterocycles. The number of aromatic amines is 2. The number of hydrazone groups is 1. The van der Waals surface area contributed by atoms with Gasteiger partial charge in [0.25, 0.3) is 5.56 Å². The average molecular weight is 326 g/mol. The lowest BCUT2D eigenvalue weighted by Crippen LogP contribution is -2.31. The fourth-order valence-electron chi connectivity index (χ4n) is 1.49. The van der Waals surface area contributed by atoms with E-state index < -0.39 is 29.4 Å². The van der Waals surface area contributed by atoms with E-state index in [2.05, 4.69) is 15.6 Å². The van der Waals surface area contributed by atoms with E-state index in [4.69, 9.17) is 11.6 Å². The normalized spacial score (nSPS) is 10.8. The number of hydrogen-bond donors (Lipinski definition) is 3. The zero-order valence-corrected chi connectivity index (χ0v) is 11.6. The van der Waals surface area contributed by atoms with Crippen LogP contribution in [0.2, 0.25) is 5.02 Å². The molecule has 0 bridgehead atoms. The second-order valence-electron chi connectivity index (χ2n) is 4.06. The van der Waals surface area contributed by atoms with Crippen molar-refractivity contribution in [2.24, 2.45) is 5.10 Å². The molecule has 1 aromatic carbocycles. The first-order valence-corrected chi connectivity index (χ1v) is 6.29. The number of nitrogens with zero attached hydrogens (tertiary/aromatic N) is 2. The Morgan fingerprint density at radius 2 is 2.23 bits per heavy atom. The standard InChI is InChI=1S/C12H9ClFN5O3/c13-7-2-1-3-8(14)6(7)5-15-18-10(20)4-9-11(21)16-12(22)19-17-9/h1-3,5H,4H2,(H,18,20)(H2,16,19,21,22)/b15-5-. The fourth-order valence-corrected chi connectivity index (χ4v) is 1.70. The highest BCUT2D eigenvalue weighted by Gasteiger charge is 2.09. The van der Waals surface area contributed by atoms with Gasteiger partial charge in [0.15, 0.2) is 0 Å². The van der Waals surface area contributed by atoms with Gasteiger partial charge < -0.3 is 0 Å². The van der Waals surface area contributed by atoms with Crippen molar-refractivity contribution >= 4 is 23.7 Å². The quantitative estimate of drug-likeness (QED) is 0.539. The van der Waals surface area contributed by atoms with Crippen molar-refractivity contribution in [2.45, 2.75) is 6.42 Å². The molecule has 0 aliphatic rings. The second-order valence-corrected chi connectivity index (χ2v) is 4.47. The van der Waals surface area contributed by atoms with Gasteiger partial charge in [0.05, 0.1) is 17.7 Å². The lowest BCUT2D eigenvalue weighted by atomic mass is 10.2. The summed E-state index contributed by atoms with van der Waals surface area (Å²) >= 11 is 5.78. The van der Waals surface area contributed by atoms with E-state index in [1.807, 2.05) is 10.1 Å². The van der Waals surface area contributed by atoms with Crippen LogP contribution in [-0.2, 0) is 11.2 Å². The minimum Gasteiger partial charge on any atom is -0.273 e. The van der Waals surface area contributed by atoms with Crippen molar-refractivity contribution in [1.82, 2.24) is 20.6 Å². The third-order valence-electron chi connectivity index (χ3n) is 2.49. The molecule has 2 aromatic rings. The highest BCUT2D eigenvalue weighted by Crippen LogP contribution is 2.16. The van der Waals surface area contributed by atoms with Gasteiger partial charge in [0, 0.05) is 5.56 Å². The maximum Gasteiger partial charge on any atom is 0.342 e. The summed E-state index contributed by atoms with van der Waals surface area (Å²) < 4.78 is 13.4. The van der Waals surface area contributed by atoms with Gasteiger partial charge >= 0.3 is 5.69 Å². The molecule has 22 heavy (non-hydrogen) atoms. The summed E-state index contributed by atoms with van der Waals surface area (Å²) in [7, 11) is 0. The molecular formula is C12H9ClFN5O3. The number of hydrogen-bond acceptors (Lipinski definition) is 5. The van der Waals surface area contributed by atoms with Gasteiger partial charge in [-0.15, -0.1) is 0 Å². The average Bonchev–Trinajstić information content (AvgIpc) is 2.45. The van der Waals surface area contributed by atoms with E-state index in [1.165, 1.54) is 18.2 Å². The van der Waals surface area contributed by atoms with Crippen LogP contribution in [0, 0.1) is 5.82 Å². The molecule has 0 fully saturated rings. The van der Waals surface area contributed by atoms with Gasteiger partial charge in [0.1, 0.15) is 11.5 Å². The van der Waals surface area contributed by atoms with Crippen LogP contribution >= 0.6 is 11.6 Å². The Morgan fingerprint density at radius 3 is 2.91 bits per heavy atom. The monoisotopic (exact) mass is 325 g/mol. The van der Waals surface area contributed by atoms with Gasteiger partial charge in [-0.3, -0.25) is 14.6 Å². The molecule has 2 rings (SSSR count). The molecule has 0 unspecified atom stereocenters.